The van der Waals surface area contributed by atoms with E-state index in [1.54, 1.807) is 12.1 Å². The van der Waals surface area contributed by atoms with Crippen LogP contribution in [0.15, 0.2) is 41.5 Å². The molecule has 2 aliphatic heterocycles. The van der Waals surface area contributed by atoms with Crippen LogP contribution in [-0.2, 0) is 19.1 Å². The molecule has 1 fully saturated rings. The van der Waals surface area contributed by atoms with Crippen molar-refractivity contribution >= 4 is 40.6 Å². The lowest BCUT2D eigenvalue weighted by atomic mass is 10.1. The number of methoxy groups -OCH3 is 1. The molecule has 0 radical (unpaired) electrons. The molecule has 2 amide bonds. The number of carbonyl (C=O) groups excluding carboxylic acids is 3. The first-order valence-electron chi connectivity index (χ1n) is 11.2. The normalized spacial score (nSPS) is 16.2. The molecule has 1 saturated heterocycles. The van der Waals surface area contributed by atoms with Gasteiger partial charge in [0.1, 0.15) is 5.71 Å². The Bertz CT molecular complexity index is 1150. The molecule has 0 saturated carbocycles. The molecule has 2 heterocycles. The number of carbonyl (C=O) groups is 3. The van der Waals surface area contributed by atoms with Crippen molar-refractivity contribution in [2.45, 2.75) is 26.7 Å². The number of nitrogens with one attached hydrogen (secondary N) is 1. The van der Waals surface area contributed by atoms with Gasteiger partial charge >= 0.3 is 5.97 Å². The van der Waals surface area contributed by atoms with Crippen molar-refractivity contribution in [3.63, 3.8) is 0 Å². The predicted molar refractivity (Wildman–Crippen MR) is 130 cm³/mol. The number of rotatable bonds is 5. The Balaban J connectivity index is 1.60. The van der Waals surface area contributed by atoms with Gasteiger partial charge in [0.25, 0.3) is 5.91 Å². The van der Waals surface area contributed by atoms with Gasteiger partial charge in [-0.15, -0.1) is 0 Å². The van der Waals surface area contributed by atoms with Crippen LogP contribution in [0.1, 0.15) is 34.3 Å². The topological polar surface area (TPSA) is 101 Å². The summed E-state index contributed by atoms with van der Waals surface area (Å²) in [6.45, 7) is 6.48. The first kappa shape index (κ1) is 23.4. The van der Waals surface area contributed by atoms with Gasteiger partial charge in [0, 0.05) is 31.6 Å². The fourth-order valence-electron chi connectivity index (χ4n) is 3.99. The summed E-state index contributed by atoms with van der Waals surface area (Å²) in [5, 5.41) is 8.45. The molecule has 1 N–H and O–H groups in total. The molecule has 4 rings (SSSR count). The maximum atomic E-state index is 13.1. The number of amides is 2. The molecule has 0 spiro atoms. The maximum absolute atomic E-state index is 13.1. The highest BCUT2D eigenvalue weighted by atomic mass is 16.5. The number of benzene rings is 2. The first-order valence-corrected chi connectivity index (χ1v) is 11.2. The van der Waals surface area contributed by atoms with Crippen molar-refractivity contribution in [1.29, 1.82) is 0 Å². The summed E-state index contributed by atoms with van der Waals surface area (Å²) >= 11 is 0. The van der Waals surface area contributed by atoms with Crippen LogP contribution in [0, 0.1) is 13.8 Å². The van der Waals surface area contributed by atoms with Crippen molar-refractivity contribution in [3.8, 4) is 0 Å². The smallest absolute Gasteiger partial charge is 0.340 e. The van der Waals surface area contributed by atoms with Crippen molar-refractivity contribution in [2.24, 2.45) is 5.10 Å². The van der Waals surface area contributed by atoms with Gasteiger partial charge < -0.3 is 19.7 Å². The molecule has 0 aromatic heterocycles. The highest BCUT2D eigenvalue weighted by molar-refractivity contribution is 6.44. The number of hydrogen-bond donors (Lipinski definition) is 1. The molecule has 9 heteroatoms. The summed E-state index contributed by atoms with van der Waals surface area (Å²) in [6, 6.07) is 11.0. The quantitative estimate of drug-likeness (QED) is 0.683. The second kappa shape index (κ2) is 10.0. The van der Waals surface area contributed by atoms with Gasteiger partial charge in [0.05, 0.1) is 37.3 Å². The molecule has 9 nitrogen and oxygen atoms in total. The summed E-state index contributed by atoms with van der Waals surface area (Å²) in [7, 11) is 1.30. The van der Waals surface area contributed by atoms with E-state index in [0.717, 1.165) is 16.8 Å². The monoisotopic (exact) mass is 464 g/mol. The fraction of sp³-hybridized carbons (Fsp3) is 0.360. The molecule has 2 aliphatic rings. The Morgan fingerprint density at radius 3 is 2.56 bits per heavy atom. The highest BCUT2D eigenvalue weighted by Gasteiger charge is 2.27. The third-order valence-corrected chi connectivity index (χ3v) is 5.92. The van der Waals surface area contributed by atoms with Crippen LogP contribution in [0.5, 0.6) is 0 Å². The SMILES string of the molecule is COC(=O)c1cc(N2CCOCC2)ccc1NC(=O)C1=NN(c2cc(C)ccc2C)C(=O)CC1. The Morgan fingerprint density at radius 1 is 1.06 bits per heavy atom. The summed E-state index contributed by atoms with van der Waals surface area (Å²) in [5.41, 5.74) is 4.17. The molecule has 0 aliphatic carbocycles. The minimum absolute atomic E-state index is 0.166. The zero-order chi connectivity index (χ0) is 24.2. The zero-order valence-corrected chi connectivity index (χ0v) is 19.6. The van der Waals surface area contributed by atoms with E-state index < -0.39 is 11.9 Å². The van der Waals surface area contributed by atoms with E-state index in [1.807, 2.05) is 38.1 Å². The van der Waals surface area contributed by atoms with Crippen molar-refractivity contribution in [1.82, 2.24) is 0 Å². The average Bonchev–Trinajstić information content (AvgIpc) is 2.86. The highest BCUT2D eigenvalue weighted by Crippen LogP contribution is 2.27. The Labute approximate surface area is 198 Å². The molecule has 0 atom stereocenters. The molecule has 2 aromatic carbocycles. The second-order valence-electron chi connectivity index (χ2n) is 8.32. The number of hydrazone groups is 1. The lowest BCUT2D eigenvalue weighted by Gasteiger charge is -2.29. The van der Waals surface area contributed by atoms with Crippen LogP contribution in [0.25, 0.3) is 0 Å². The van der Waals surface area contributed by atoms with Gasteiger partial charge in [-0.05, 0) is 49.2 Å². The molecule has 0 unspecified atom stereocenters. The van der Waals surface area contributed by atoms with Gasteiger partial charge in [-0.25, -0.2) is 9.80 Å². The van der Waals surface area contributed by atoms with E-state index in [-0.39, 0.29) is 30.0 Å². The van der Waals surface area contributed by atoms with Gasteiger partial charge in [-0.1, -0.05) is 12.1 Å². The minimum atomic E-state index is -0.553. The molecule has 34 heavy (non-hydrogen) atoms. The molecular weight excluding hydrogens is 436 g/mol. The van der Waals surface area contributed by atoms with E-state index in [0.29, 0.717) is 37.7 Å². The number of nitrogens with zero attached hydrogens (tertiary/aromatic N) is 3. The van der Waals surface area contributed by atoms with Crippen LogP contribution >= 0.6 is 0 Å². The Morgan fingerprint density at radius 2 is 1.82 bits per heavy atom. The maximum Gasteiger partial charge on any atom is 0.340 e. The minimum Gasteiger partial charge on any atom is -0.465 e. The third kappa shape index (κ3) is 4.94. The van der Waals surface area contributed by atoms with Crippen LogP contribution < -0.4 is 15.2 Å². The lowest BCUT2D eigenvalue weighted by Crippen LogP contribution is -2.37. The number of anilines is 3. The van der Waals surface area contributed by atoms with Gasteiger partial charge in [0.2, 0.25) is 5.91 Å². The Kier molecular flexibility index (Phi) is 6.93. The molecule has 178 valence electrons. The Hall–Kier alpha value is -3.72. The van der Waals surface area contributed by atoms with Crippen molar-refractivity contribution in [2.75, 3.05) is 48.6 Å². The largest absolute Gasteiger partial charge is 0.465 e. The van der Waals surface area contributed by atoms with E-state index in [4.69, 9.17) is 9.47 Å². The van der Waals surface area contributed by atoms with Crippen LogP contribution in [0.3, 0.4) is 0 Å². The molecule has 0 bridgehead atoms. The lowest BCUT2D eigenvalue weighted by molar-refractivity contribution is -0.118. The van der Waals surface area contributed by atoms with Crippen LogP contribution in [0.2, 0.25) is 0 Å². The van der Waals surface area contributed by atoms with E-state index in [9.17, 15) is 14.4 Å². The van der Waals surface area contributed by atoms with Crippen LogP contribution in [-0.4, -0.2) is 56.9 Å². The zero-order valence-electron chi connectivity index (χ0n) is 19.6. The third-order valence-electron chi connectivity index (χ3n) is 5.92. The fourth-order valence-corrected chi connectivity index (χ4v) is 3.99. The van der Waals surface area contributed by atoms with Gasteiger partial charge in [0.15, 0.2) is 0 Å². The summed E-state index contributed by atoms with van der Waals surface area (Å²) in [4.78, 5) is 40.2. The summed E-state index contributed by atoms with van der Waals surface area (Å²) < 4.78 is 10.3. The van der Waals surface area contributed by atoms with Crippen molar-refractivity contribution in [3.05, 3.63) is 53.1 Å². The van der Waals surface area contributed by atoms with Crippen LogP contribution in [0.4, 0.5) is 17.1 Å². The van der Waals surface area contributed by atoms with Gasteiger partial charge in [-0.2, -0.15) is 5.10 Å². The van der Waals surface area contributed by atoms with Gasteiger partial charge in [-0.3, -0.25) is 9.59 Å². The number of aryl methyl sites for hydroxylation is 2. The molecular formula is C25H28N4O5. The average molecular weight is 465 g/mol. The van der Waals surface area contributed by atoms with E-state index >= 15 is 0 Å². The number of ether oxygens (including phenoxy) is 2. The number of morpholine rings is 1. The number of hydrogen-bond acceptors (Lipinski definition) is 7. The van der Waals surface area contributed by atoms with Crippen molar-refractivity contribution < 1.29 is 23.9 Å². The first-order chi connectivity index (χ1) is 16.4. The standard InChI is InChI=1S/C25H28N4O5/c1-16-4-5-17(2)22(14-16)29-23(30)9-8-21(27-29)24(31)26-20-7-6-18(15-19(20)25(32)33-3)28-10-12-34-13-11-28/h4-7,14-15H,8-13H2,1-3H3,(H,26,31). The van der Waals surface area contributed by atoms with E-state index in [1.165, 1.54) is 12.1 Å². The number of esters is 1. The predicted octanol–water partition coefficient (Wildman–Crippen LogP) is 3.05. The summed E-state index contributed by atoms with van der Waals surface area (Å²) in [6.07, 6.45) is 0.380. The second-order valence-corrected chi connectivity index (χ2v) is 8.32. The van der Waals surface area contributed by atoms with E-state index in [2.05, 4.69) is 15.3 Å². The molecule has 2 aromatic rings. The summed E-state index contributed by atoms with van der Waals surface area (Å²) in [5.74, 6) is -1.19.